The molecule has 1 fully saturated rings. The Morgan fingerprint density at radius 2 is 1.91 bits per heavy atom. The molecule has 23 heavy (non-hydrogen) atoms. The Balaban J connectivity index is 1.55. The fourth-order valence-electron chi connectivity index (χ4n) is 2.99. The second-order valence-electron chi connectivity index (χ2n) is 5.99. The maximum absolute atomic E-state index is 6.10. The van der Waals surface area contributed by atoms with Crippen LogP contribution < -0.4 is 5.73 Å². The van der Waals surface area contributed by atoms with Crippen LogP contribution in [0.1, 0.15) is 30.7 Å². The summed E-state index contributed by atoms with van der Waals surface area (Å²) in [5, 5.41) is 0. The van der Waals surface area contributed by atoms with Crippen molar-refractivity contribution >= 4 is 5.96 Å². The lowest BCUT2D eigenvalue weighted by molar-refractivity contribution is 0.338. The summed E-state index contributed by atoms with van der Waals surface area (Å²) in [6.45, 7) is 3.62. The smallest absolute Gasteiger partial charge is 0.191 e. The Morgan fingerprint density at radius 1 is 1.13 bits per heavy atom. The molecule has 0 radical (unpaired) electrons. The fraction of sp³-hybridized carbons (Fsp3) is 0.444. The van der Waals surface area contributed by atoms with Crippen molar-refractivity contribution in [1.82, 2.24) is 14.5 Å². The van der Waals surface area contributed by atoms with Gasteiger partial charge in [0.05, 0.1) is 0 Å². The van der Waals surface area contributed by atoms with Crippen LogP contribution in [0.5, 0.6) is 0 Å². The molecule has 0 atom stereocenters. The van der Waals surface area contributed by atoms with Gasteiger partial charge in [0.2, 0.25) is 0 Å². The summed E-state index contributed by atoms with van der Waals surface area (Å²) in [6, 6.07) is 10.4. The molecule has 1 aliphatic heterocycles. The average molecular weight is 311 g/mol. The zero-order chi connectivity index (χ0) is 15.9. The molecule has 0 spiro atoms. The van der Waals surface area contributed by atoms with Crippen molar-refractivity contribution in [1.29, 1.82) is 0 Å². The number of hydrogen-bond acceptors (Lipinski definition) is 2. The fourth-order valence-corrected chi connectivity index (χ4v) is 2.99. The van der Waals surface area contributed by atoms with Crippen LogP contribution in [0.25, 0.3) is 0 Å². The van der Waals surface area contributed by atoms with Gasteiger partial charge in [0.15, 0.2) is 5.96 Å². The Labute approximate surface area is 137 Å². The van der Waals surface area contributed by atoms with Gasteiger partial charge in [0, 0.05) is 45.0 Å². The molecule has 2 heterocycles. The van der Waals surface area contributed by atoms with Crippen LogP contribution in [-0.2, 0) is 13.0 Å². The summed E-state index contributed by atoms with van der Waals surface area (Å²) in [5.74, 6) is 1.75. The topological polar surface area (TPSA) is 59.4 Å². The normalized spacial score (nSPS) is 15.8. The van der Waals surface area contributed by atoms with Crippen molar-refractivity contribution in [3.05, 3.63) is 54.1 Å². The van der Waals surface area contributed by atoms with Crippen LogP contribution in [0.4, 0.5) is 0 Å². The van der Waals surface area contributed by atoms with E-state index in [2.05, 4.69) is 43.7 Å². The molecule has 0 unspecified atom stereocenters. The molecule has 2 N–H and O–H groups in total. The van der Waals surface area contributed by atoms with Crippen LogP contribution in [-0.4, -0.2) is 40.0 Å². The summed E-state index contributed by atoms with van der Waals surface area (Å²) in [6.07, 6.45) is 8.44. The number of hydrogen-bond donors (Lipinski definition) is 1. The second-order valence-corrected chi connectivity index (χ2v) is 5.99. The molecule has 1 aromatic carbocycles. The number of nitrogens with zero attached hydrogens (tertiary/aromatic N) is 4. The number of imidazole rings is 1. The third-order valence-corrected chi connectivity index (χ3v) is 4.29. The quantitative estimate of drug-likeness (QED) is 0.681. The summed E-state index contributed by atoms with van der Waals surface area (Å²) in [7, 11) is 0. The van der Waals surface area contributed by atoms with E-state index < -0.39 is 0 Å². The van der Waals surface area contributed by atoms with Crippen molar-refractivity contribution in [2.24, 2.45) is 10.7 Å². The second kappa shape index (κ2) is 7.81. The number of nitrogens with two attached hydrogens (primary N) is 1. The third kappa shape index (κ3) is 4.34. The number of guanidine groups is 1. The van der Waals surface area contributed by atoms with Gasteiger partial charge in [0.1, 0.15) is 5.82 Å². The predicted molar refractivity (Wildman–Crippen MR) is 93.4 cm³/mol. The Bertz CT molecular complexity index is 626. The highest BCUT2D eigenvalue weighted by Crippen LogP contribution is 2.09. The van der Waals surface area contributed by atoms with Crippen LogP contribution in [0.3, 0.4) is 0 Å². The van der Waals surface area contributed by atoms with E-state index in [1.807, 2.05) is 18.5 Å². The summed E-state index contributed by atoms with van der Waals surface area (Å²) in [5.41, 5.74) is 7.38. The molecule has 0 amide bonds. The first-order chi connectivity index (χ1) is 11.3. The number of rotatable bonds is 5. The van der Waals surface area contributed by atoms with Gasteiger partial charge in [-0.15, -0.1) is 0 Å². The number of piperidine rings is 1. The van der Waals surface area contributed by atoms with Gasteiger partial charge in [-0.25, -0.2) is 4.98 Å². The Kier molecular flexibility index (Phi) is 5.29. The number of aromatic nitrogens is 2. The molecular weight excluding hydrogens is 286 g/mol. The van der Waals surface area contributed by atoms with Gasteiger partial charge >= 0.3 is 0 Å². The van der Waals surface area contributed by atoms with Crippen molar-refractivity contribution in [2.45, 2.75) is 32.2 Å². The lowest BCUT2D eigenvalue weighted by Crippen LogP contribution is -2.41. The standard InChI is InChI=1S/C18H25N5/c19-18(22-12-5-2-6-13-22)21-10-9-17-20-11-14-23(17)15-16-7-3-1-4-8-16/h1,3-4,7-8,11,14H,2,5-6,9-10,12-13,15H2,(H2,19,21). The van der Waals surface area contributed by atoms with Crippen LogP contribution in [0.15, 0.2) is 47.7 Å². The summed E-state index contributed by atoms with van der Waals surface area (Å²) < 4.78 is 2.18. The van der Waals surface area contributed by atoms with E-state index in [0.717, 1.165) is 31.9 Å². The highest BCUT2D eigenvalue weighted by Gasteiger charge is 2.11. The predicted octanol–water partition coefficient (Wildman–Crippen LogP) is 2.27. The molecular formula is C18H25N5. The maximum Gasteiger partial charge on any atom is 0.191 e. The lowest BCUT2D eigenvalue weighted by atomic mass is 10.1. The van der Waals surface area contributed by atoms with E-state index in [4.69, 9.17) is 5.73 Å². The molecule has 0 saturated carbocycles. The molecule has 5 heteroatoms. The van der Waals surface area contributed by atoms with Gasteiger partial charge < -0.3 is 15.2 Å². The number of benzene rings is 1. The first kappa shape index (κ1) is 15.6. The largest absolute Gasteiger partial charge is 0.370 e. The average Bonchev–Trinajstić information content (AvgIpc) is 3.03. The van der Waals surface area contributed by atoms with E-state index >= 15 is 0 Å². The van der Waals surface area contributed by atoms with Crippen molar-refractivity contribution < 1.29 is 0 Å². The van der Waals surface area contributed by atoms with Gasteiger partial charge in [-0.3, -0.25) is 4.99 Å². The minimum absolute atomic E-state index is 0.686. The zero-order valence-electron chi connectivity index (χ0n) is 13.6. The van der Waals surface area contributed by atoms with E-state index in [-0.39, 0.29) is 0 Å². The third-order valence-electron chi connectivity index (χ3n) is 4.29. The van der Waals surface area contributed by atoms with Gasteiger partial charge in [-0.05, 0) is 24.8 Å². The Hall–Kier alpha value is -2.30. The molecule has 2 aromatic rings. The minimum Gasteiger partial charge on any atom is -0.370 e. The van der Waals surface area contributed by atoms with E-state index in [9.17, 15) is 0 Å². The first-order valence-electron chi connectivity index (χ1n) is 8.42. The van der Waals surface area contributed by atoms with Gasteiger partial charge in [-0.2, -0.15) is 0 Å². The molecule has 0 bridgehead atoms. The van der Waals surface area contributed by atoms with E-state index in [1.165, 1.54) is 24.8 Å². The lowest BCUT2D eigenvalue weighted by Gasteiger charge is -2.27. The summed E-state index contributed by atoms with van der Waals surface area (Å²) >= 11 is 0. The number of aliphatic imine (C=N–C) groups is 1. The molecule has 1 saturated heterocycles. The first-order valence-corrected chi connectivity index (χ1v) is 8.42. The van der Waals surface area contributed by atoms with E-state index in [0.29, 0.717) is 12.5 Å². The SMILES string of the molecule is NC(=NCCc1nccn1Cc1ccccc1)N1CCCCC1. The minimum atomic E-state index is 0.686. The highest BCUT2D eigenvalue weighted by atomic mass is 15.3. The molecule has 1 aromatic heterocycles. The number of likely N-dealkylation sites (tertiary alicyclic amines) is 1. The molecule has 3 rings (SSSR count). The monoisotopic (exact) mass is 311 g/mol. The highest BCUT2D eigenvalue weighted by molar-refractivity contribution is 5.78. The van der Waals surface area contributed by atoms with Crippen molar-refractivity contribution in [2.75, 3.05) is 19.6 Å². The van der Waals surface area contributed by atoms with Crippen LogP contribution in [0, 0.1) is 0 Å². The summed E-state index contributed by atoms with van der Waals surface area (Å²) in [4.78, 5) is 11.2. The Morgan fingerprint density at radius 3 is 2.70 bits per heavy atom. The molecule has 5 nitrogen and oxygen atoms in total. The molecule has 1 aliphatic rings. The van der Waals surface area contributed by atoms with Gasteiger partial charge in [-0.1, -0.05) is 30.3 Å². The van der Waals surface area contributed by atoms with Crippen molar-refractivity contribution in [3.63, 3.8) is 0 Å². The zero-order valence-corrected chi connectivity index (χ0v) is 13.6. The van der Waals surface area contributed by atoms with Gasteiger partial charge in [0.25, 0.3) is 0 Å². The van der Waals surface area contributed by atoms with Crippen LogP contribution >= 0.6 is 0 Å². The molecule has 122 valence electrons. The van der Waals surface area contributed by atoms with Crippen LogP contribution in [0.2, 0.25) is 0 Å². The maximum atomic E-state index is 6.10. The van der Waals surface area contributed by atoms with E-state index in [1.54, 1.807) is 0 Å². The molecule has 0 aliphatic carbocycles. The van der Waals surface area contributed by atoms with Crippen molar-refractivity contribution in [3.8, 4) is 0 Å².